The van der Waals surface area contributed by atoms with E-state index in [0.717, 1.165) is 16.1 Å². The molecule has 0 spiro atoms. The lowest BCUT2D eigenvalue weighted by molar-refractivity contribution is -0.116. The van der Waals surface area contributed by atoms with E-state index >= 15 is 0 Å². The van der Waals surface area contributed by atoms with Crippen LogP contribution in [-0.2, 0) is 11.2 Å². The quantitative estimate of drug-likeness (QED) is 0.593. The Bertz CT molecular complexity index is 323. The molecule has 1 aromatic rings. The Morgan fingerprint density at radius 3 is 2.69 bits per heavy atom. The predicted molar refractivity (Wildman–Crippen MR) is 57.0 cm³/mol. The molecule has 1 rings (SSSR count). The fourth-order valence-electron chi connectivity index (χ4n) is 1.18. The minimum atomic E-state index is 0.163. The topological polar surface area (TPSA) is 43.1 Å². The number of rotatable bonds is 3. The van der Waals surface area contributed by atoms with Gasteiger partial charge in [-0.2, -0.15) is 0 Å². The van der Waals surface area contributed by atoms with Crippen molar-refractivity contribution in [1.29, 1.82) is 0 Å². The number of thioether (sulfide) groups is 1. The van der Waals surface area contributed by atoms with E-state index in [0.29, 0.717) is 6.42 Å². The van der Waals surface area contributed by atoms with Crippen LogP contribution < -0.4 is 5.73 Å². The minimum Gasteiger partial charge on any atom is -0.398 e. The lowest BCUT2D eigenvalue weighted by atomic mass is 10.1. The molecule has 13 heavy (non-hydrogen) atoms. The van der Waals surface area contributed by atoms with Crippen LogP contribution in [0.4, 0.5) is 5.69 Å². The van der Waals surface area contributed by atoms with Gasteiger partial charge in [0.1, 0.15) is 5.78 Å². The largest absolute Gasteiger partial charge is 0.398 e. The van der Waals surface area contributed by atoms with Crippen LogP contribution in [0.5, 0.6) is 0 Å². The Balaban J connectivity index is 2.89. The Hall–Kier alpha value is -0.960. The van der Waals surface area contributed by atoms with E-state index in [2.05, 4.69) is 0 Å². The van der Waals surface area contributed by atoms with Crippen LogP contribution >= 0.6 is 11.8 Å². The van der Waals surface area contributed by atoms with Crippen LogP contribution in [0.15, 0.2) is 23.1 Å². The van der Waals surface area contributed by atoms with E-state index in [4.69, 9.17) is 5.73 Å². The highest BCUT2D eigenvalue weighted by atomic mass is 32.2. The van der Waals surface area contributed by atoms with E-state index in [1.165, 1.54) is 0 Å². The summed E-state index contributed by atoms with van der Waals surface area (Å²) in [5, 5.41) is 0. The lowest BCUT2D eigenvalue weighted by Crippen LogP contribution is -1.98. The molecule has 0 aliphatic rings. The molecule has 70 valence electrons. The molecule has 2 N–H and O–H groups in total. The molecule has 0 radical (unpaired) electrons. The highest BCUT2D eigenvalue weighted by Gasteiger charge is 2.01. The standard InChI is InChI=1S/C10H13NOS/c1-7(12)5-8-3-4-10(13-2)9(11)6-8/h3-4,6H,5,11H2,1-2H3. The van der Waals surface area contributed by atoms with E-state index in [9.17, 15) is 4.79 Å². The second-order valence-corrected chi connectivity index (χ2v) is 3.80. The maximum atomic E-state index is 10.8. The first-order chi connectivity index (χ1) is 6.13. The third-order valence-electron chi connectivity index (χ3n) is 1.75. The summed E-state index contributed by atoms with van der Waals surface area (Å²) in [6.45, 7) is 1.58. The number of Topliss-reactive ketones (excluding diaryl/α,β-unsaturated/α-hetero) is 1. The molecule has 0 fully saturated rings. The maximum absolute atomic E-state index is 10.8. The minimum absolute atomic E-state index is 0.163. The molecule has 0 unspecified atom stereocenters. The molecule has 0 heterocycles. The van der Waals surface area contributed by atoms with Gasteiger partial charge < -0.3 is 5.73 Å². The van der Waals surface area contributed by atoms with Gasteiger partial charge in [0, 0.05) is 17.0 Å². The number of benzene rings is 1. The van der Waals surface area contributed by atoms with E-state index < -0.39 is 0 Å². The van der Waals surface area contributed by atoms with Crippen LogP contribution in [0, 0.1) is 0 Å². The second kappa shape index (κ2) is 4.33. The molecule has 0 aliphatic carbocycles. The van der Waals surface area contributed by atoms with Gasteiger partial charge in [-0.3, -0.25) is 4.79 Å². The molecule has 0 saturated carbocycles. The smallest absolute Gasteiger partial charge is 0.134 e. The molecule has 0 atom stereocenters. The summed E-state index contributed by atoms with van der Waals surface area (Å²) in [6, 6.07) is 5.77. The van der Waals surface area contributed by atoms with Crippen molar-refractivity contribution in [2.75, 3.05) is 12.0 Å². The lowest BCUT2D eigenvalue weighted by Gasteiger charge is -2.04. The summed E-state index contributed by atoms with van der Waals surface area (Å²) in [4.78, 5) is 11.9. The highest BCUT2D eigenvalue weighted by molar-refractivity contribution is 7.98. The normalized spacial score (nSPS) is 10.0. The van der Waals surface area contributed by atoms with Gasteiger partial charge in [-0.05, 0) is 30.9 Å². The first kappa shape index (κ1) is 10.1. The summed E-state index contributed by atoms with van der Waals surface area (Å²) in [6.07, 6.45) is 2.45. The first-order valence-electron chi connectivity index (χ1n) is 4.05. The van der Waals surface area contributed by atoms with Gasteiger partial charge in [0.05, 0.1) is 0 Å². The van der Waals surface area contributed by atoms with Crippen LogP contribution in [0.3, 0.4) is 0 Å². The van der Waals surface area contributed by atoms with Crippen LogP contribution in [0.25, 0.3) is 0 Å². The molecule has 0 saturated heterocycles. The van der Waals surface area contributed by atoms with Crippen LogP contribution in [0.1, 0.15) is 12.5 Å². The number of nitrogen functional groups attached to an aromatic ring is 1. The Labute approximate surface area is 82.5 Å². The number of ketones is 1. The van der Waals surface area contributed by atoms with Crippen molar-refractivity contribution in [2.45, 2.75) is 18.2 Å². The van der Waals surface area contributed by atoms with Crippen molar-refractivity contribution < 1.29 is 4.79 Å². The number of hydrogen-bond donors (Lipinski definition) is 1. The molecule has 2 nitrogen and oxygen atoms in total. The average molecular weight is 195 g/mol. The Kier molecular flexibility index (Phi) is 3.37. The third kappa shape index (κ3) is 2.77. The van der Waals surface area contributed by atoms with Gasteiger partial charge in [-0.1, -0.05) is 6.07 Å². The van der Waals surface area contributed by atoms with Crippen molar-refractivity contribution in [3.8, 4) is 0 Å². The van der Waals surface area contributed by atoms with Crippen molar-refractivity contribution in [3.63, 3.8) is 0 Å². The zero-order chi connectivity index (χ0) is 9.84. The molecule has 0 bridgehead atoms. The highest BCUT2D eigenvalue weighted by Crippen LogP contribution is 2.23. The van der Waals surface area contributed by atoms with Gasteiger partial charge in [-0.15, -0.1) is 11.8 Å². The van der Waals surface area contributed by atoms with Gasteiger partial charge in [0.15, 0.2) is 0 Å². The second-order valence-electron chi connectivity index (χ2n) is 2.96. The Morgan fingerprint density at radius 1 is 1.54 bits per heavy atom. The monoisotopic (exact) mass is 195 g/mol. The number of anilines is 1. The van der Waals surface area contributed by atoms with E-state index in [-0.39, 0.29) is 5.78 Å². The van der Waals surface area contributed by atoms with Crippen LogP contribution in [0.2, 0.25) is 0 Å². The van der Waals surface area contributed by atoms with Gasteiger partial charge >= 0.3 is 0 Å². The molecule has 3 heteroatoms. The van der Waals surface area contributed by atoms with Crippen molar-refractivity contribution in [2.24, 2.45) is 0 Å². The molecular weight excluding hydrogens is 182 g/mol. The number of hydrogen-bond acceptors (Lipinski definition) is 3. The van der Waals surface area contributed by atoms with Crippen molar-refractivity contribution in [1.82, 2.24) is 0 Å². The molecule has 0 amide bonds. The number of carbonyl (C=O) groups is 1. The number of nitrogens with two attached hydrogens (primary N) is 1. The fourth-order valence-corrected chi connectivity index (χ4v) is 1.68. The zero-order valence-corrected chi connectivity index (χ0v) is 8.65. The van der Waals surface area contributed by atoms with E-state index in [1.54, 1.807) is 18.7 Å². The Morgan fingerprint density at radius 2 is 2.23 bits per heavy atom. The van der Waals surface area contributed by atoms with Gasteiger partial charge in [0.25, 0.3) is 0 Å². The maximum Gasteiger partial charge on any atom is 0.134 e. The predicted octanol–water partition coefficient (Wildman–Crippen LogP) is 2.12. The summed E-state index contributed by atoms with van der Waals surface area (Å²) in [7, 11) is 0. The average Bonchev–Trinajstić information content (AvgIpc) is 2.03. The molecule has 1 aromatic carbocycles. The third-order valence-corrected chi connectivity index (χ3v) is 2.56. The zero-order valence-electron chi connectivity index (χ0n) is 7.83. The molecule has 0 aliphatic heterocycles. The SMILES string of the molecule is CSc1ccc(CC(C)=O)cc1N. The molecular formula is C10H13NOS. The van der Waals surface area contributed by atoms with Crippen molar-refractivity contribution in [3.05, 3.63) is 23.8 Å². The summed E-state index contributed by atoms with van der Waals surface area (Å²) >= 11 is 1.61. The van der Waals surface area contributed by atoms with Crippen molar-refractivity contribution >= 4 is 23.2 Å². The summed E-state index contributed by atoms with van der Waals surface area (Å²) in [5.74, 6) is 0.163. The summed E-state index contributed by atoms with van der Waals surface area (Å²) < 4.78 is 0. The van der Waals surface area contributed by atoms with E-state index in [1.807, 2.05) is 24.5 Å². The molecule has 0 aromatic heterocycles. The van der Waals surface area contributed by atoms with Crippen LogP contribution in [-0.4, -0.2) is 12.0 Å². The first-order valence-corrected chi connectivity index (χ1v) is 5.28. The van der Waals surface area contributed by atoms with Gasteiger partial charge in [-0.25, -0.2) is 0 Å². The fraction of sp³-hybridized carbons (Fsp3) is 0.300. The van der Waals surface area contributed by atoms with Gasteiger partial charge in [0.2, 0.25) is 0 Å². The number of carbonyl (C=O) groups excluding carboxylic acids is 1. The summed E-state index contributed by atoms with van der Waals surface area (Å²) in [5.41, 5.74) is 7.52.